The maximum absolute atomic E-state index is 11.4. The summed E-state index contributed by atoms with van der Waals surface area (Å²) < 4.78 is 22.8. The lowest BCUT2D eigenvalue weighted by molar-refractivity contribution is 0.299. The van der Waals surface area contributed by atoms with Crippen LogP contribution < -0.4 is 10.6 Å². The Labute approximate surface area is 149 Å². The maximum Gasteiger partial charge on any atom is 0.191 e. The minimum Gasteiger partial charge on any atom is -0.356 e. The molecule has 0 atom stereocenters. The van der Waals surface area contributed by atoms with Gasteiger partial charge in [0.05, 0.1) is 11.5 Å². The van der Waals surface area contributed by atoms with Crippen molar-refractivity contribution in [2.24, 2.45) is 4.99 Å². The molecular weight excluding hydrogens is 344 g/mol. The lowest BCUT2D eigenvalue weighted by atomic mass is 10.4. The summed E-state index contributed by atoms with van der Waals surface area (Å²) in [6.45, 7) is 3.68. The monoisotopic (exact) mass is 370 g/mol. The predicted octanol–water partition coefficient (Wildman–Crippen LogP) is 0.674. The zero-order valence-corrected chi connectivity index (χ0v) is 15.7. The normalized spacial score (nSPS) is 18.3. The van der Waals surface area contributed by atoms with Crippen molar-refractivity contribution < 1.29 is 8.42 Å². The molecule has 0 radical (unpaired) electrons. The number of aliphatic imine (C=N–C) groups is 1. The van der Waals surface area contributed by atoms with Gasteiger partial charge >= 0.3 is 0 Å². The SMILES string of the molecule is CN=C(NCCSc1ccccc1)NCCN1CCS(=O)(=O)CC1. The first kappa shape index (κ1) is 19.1. The van der Waals surface area contributed by atoms with Gasteiger partial charge in [-0.15, -0.1) is 11.8 Å². The molecule has 1 aromatic rings. The number of nitrogens with one attached hydrogen (secondary N) is 2. The Morgan fingerprint density at radius 1 is 1.17 bits per heavy atom. The van der Waals surface area contributed by atoms with Crippen molar-refractivity contribution in [1.82, 2.24) is 15.5 Å². The summed E-state index contributed by atoms with van der Waals surface area (Å²) in [4.78, 5) is 7.65. The van der Waals surface area contributed by atoms with Crippen LogP contribution in [0.15, 0.2) is 40.2 Å². The van der Waals surface area contributed by atoms with Crippen molar-refractivity contribution in [1.29, 1.82) is 0 Å². The maximum atomic E-state index is 11.4. The van der Waals surface area contributed by atoms with Crippen molar-refractivity contribution in [3.05, 3.63) is 30.3 Å². The number of guanidine groups is 1. The Morgan fingerprint density at radius 3 is 2.50 bits per heavy atom. The Hall–Kier alpha value is -1.25. The van der Waals surface area contributed by atoms with Crippen LogP contribution in [0.2, 0.25) is 0 Å². The van der Waals surface area contributed by atoms with Crippen molar-refractivity contribution in [2.45, 2.75) is 4.90 Å². The molecular formula is C16H26N4O2S2. The largest absolute Gasteiger partial charge is 0.356 e. The van der Waals surface area contributed by atoms with E-state index in [0.29, 0.717) is 13.1 Å². The Kier molecular flexibility index (Phi) is 7.87. The van der Waals surface area contributed by atoms with E-state index in [9.17, 15) is 8.42 Å². The summed E-state index contributed by atoms with van der Waals surface area (Å²) in [5.74, 6) is 2.30. The minimum absolute atomic E-state index is 0.274. The predicted molar refractivity (Wildman–Crippen MR) is 102 cm³/mol. The third-order valence-electron chi connectivity index (χ3n) is 3.79. The number of thioether (sulfide) groups is 1. The summed E-state index contributed by atoms with van der Waals surface area (Å²) in [6, 6.07) is 10.3. The quantitative estimate of drug-likeness (QED) is 0.318. The fourth-order valence-corrected chi connectivity index (χ4v) is 4.45. The van der Waals surface area contributed by atoms with E-state index in [1.807, 2.05) is 30.0 Å². The average Bonchev–Trinajstić information content (AvgIpc) is 2.59. The molecule has 1 heterocycles. The van der Waals surface area contributed by atoms with Crippen LogP contribution in [0, 0.1) is 0 Å². The number of hydrogen-bond acceptors (Lipinski definition) is 5. The van der Waals surface area contributed by atoms with Gasteiger partial charge in [-0.25, -0.2) is 8.42 Å². The molecule has 2 N–H and O–H groups in total. The molecule has 0 bridgehead atoms. The van der Waals surface area contributed by atoms with Crippen LogP contribution in [-0.4, -0.2) is 76.3 Å². The molecule has 1 aromatic carbocycles. The number of hydrogen-bond donors (Lipinski definition) is 2. The van der Waals surface area contributed by atoms with Crippen molar-refractivity contribution >= 4 is 27.6 Å². The highest BCUT2D eigenvalue weighted by atomic mass is 32.2. The first-order chi connectivity index (χ1) is 11.6. The van der Waals surface area contributed by atoms with Crippen LogP contribution in [0.25, 0.3) is 0 Å². The van der Waals surface area contributed by atoms with Gasteiger partial charge in [0, 0.05) is 50.4 Å². The van der Waals surface area contributed by atoms with Gasteiger partial charge in [0.1, 0.15) is 0 Å². The Morgan fingerprint density at radius 2 is 1.83 bits per heavy atom. The minimum atomic E-state index is -2.80. The summed E-state index contributed by atoms with van der Waals surface area (Å²) in [5.41, 5.74) is 0. The van der Waals surface area contributed by atoms with Crippen LogP contribution in [0.1, 0.15) is 0 Å². The van der Waals surface area contributed by atoms with Gasteiger partial charge in [-0.05, 0) is 12.1 Å². The van der Waals surface area contributed by atoms with E-state index < -0.39 is 9.84 Å². The van der Waals surface area contributed by atoms with Crippen LogP contribution in [0.4, 0.5) is 0 Å². The van der Waals surface area contributed by atoms with Gasteiger partial charge in [-0.1, -0.05) is 18.2 Å². The summed E-state index contributed by atoms with van der Waals surface area (Å²) in [5, 5.41) is 6.57. The Balaban J connectivity index is 1.57. The molecule has 6 nitrogen and oxygen atoms in total. The average molecular weight is 371 g/mol. The molecule has 1 aliphatic rings. The molecule has 0 aromatic heterocycles. The zero-order valence-electron chi connectivity index (χ0n) is 14.1. The van der Waals surface area contributed by atoms with Gasteiger partial charge in [0.25, 0.3) is 0 Å². The zero-order chi connectivity index (χ0) is 17.3. The molecule has 24 heavy (non-hydrogen) atoms. The third-order valence-corrected chi connectivity index (χ3v) is 6.41. The standard InChI is InChI=1S/C16H26N4O2S2/c1-17-16(19-8-12-23-15-5-3-2-4-6-15)18-7-9-20-10-13-24(21,22)14-11-20/h2-6H,7-14H2,1H3,(H2,17,18,19). The van der Waals surface area contributed by atoms with E-state index >= 15 is 0 Å². The lowest BCUT2D eigenvalue weighted by Crippen LogP contribution is -2.46. The van der Waals surface area contributed by atoms with Gasteiger partial charge in [-0.3, -0.25) is 9.89 Å². The molecule has 0 unspecified atom stereocenters. The number of sulfone groups is 1. The molecule has 1 aliphatic heterocycles. The van der Waals surface area contributed by atoms with E-state index in [1.54, 1.807) is 7.05 Å². The highest BCUT2D eigenvalue weighted by molar-refractivity contribution is 7.99. The van der Waals surface area contributed by atoms with Crippen LogP contribution in [0.3, 0.4) is 0 Å². The summed E-state index contributed by atoms with van der Waals surface area (Å²) >= 11 is 1.81. The van der Waals surface area contributed by atoms with Crippen LogP contribution in [0.5, 0.6) is 0 Å². The van der Waals surface area contributed by atoms with Crippen molar-refractivity contribution in [3.8, 4) is 0 Å². The molecule has 1 saturated heterocycles. The van der Waals surface area contributed by atoms with Crippen LogP contribution >= 0.6 is 11.8 Å². The molecule has 0 spiro atoms. The van der Waals surface area contributed by atoms with Gasteiger partial charge in [0.15, 0.2) is 15.8 Å². The molecule has 134 valence electrons. The first-order valence-electron chi connectivity index (χ1n) is 8.14. The van der Waals surface area contributed by atoms with Gasteiger partial charge < -0.3 is 10.6 Å². The number of nitrogens with zero attached hydrogens (tertiary/aromatic N) is 2. The second-order valence-electron chi connectivity index (χ2n) is 5.58. The fourth-order valence-electron chi connectivity index (χ4n) is 2.38. The van der Waals surface area contributed by atoms with Gasteiger partial charge in [0.2, 0.25) is 0 Å². The third kappa shape index (κ3) is 7.11. The number of benzene rings is 1. The second kappa shape index (κ2) is 9.90. The lowest BCUT2D eigenvalue weighted by Gasteiger charge is -2.26. The van der Waals surface area contributed by atoms with E-state index in [0.717, 1.165) is 31.3 Å². The summed E-state index contributed by atoms with van der Waals surface area (Å²) in [6.07, 6.45) is 0. The highest BCUT2D eigenvalue weighted by Gasteiger charge is 2.20. The topological polar surface area (TPSA) is 73.8 Å². The van der Waals surface area contributed by atoms with E-state index in [4.69, 9.17) is 0 Å². The fraction of sp³-hybridized carbons (Fsp3) is 0.562. The first-order valence-corrected chi connectivity index (χ1v) is 10.9. The van der Waals surface area contributed by atoms with Gasteiger partial charge in [-0.2, -0.15) is 0 Å². The molecule has 2 rings (SSSR count). The second-order valence-corrected chi connectivity index (χ2v) is 9.05. The van der Waals surface area contributed by atoms with E-state index in [1.165, 1.54) is 4.90 Å². The van der Waals surface area contributed by atoms with E-state index in [-0.39, 0.29) is 11.5 Å². The molecule has 1 fully saturated rings. The molecule has 8 heteroatoms. The Bertz CT molecular complexity index is 606. The number of rotatable bonds is 7. The molecule has 0 amide bonds. The van der Waals surface area contributed by atoms with Crippen LogP contribution in [-0.2, 0) is 9.84 Å². The molecule has 0 saturated carbocycles. The van der Waals surface area contributed by atoms with Crippen molar-refractivity contribution in [3.63, 3.8) is 0 Å². The van der Waals surface area contributed by atoms with Crippen molar-refractivity contribution in [2.75, 3.05) is 57.0 Å². The smallest absolute Gasteiger partial charge is 0.191 e. The van der Waals surface area contributed by atoms with E-state index in [2.05, 4.69) is 32.7 Å². The summed E-state index contributed by atoms with van der Waals surface area (Å²) in [7, 11) is -1.04. The highest BCUT2D eigenvalue weighted by Crippen LogP contribution is 2.15. The molecule has 0 aliphatic carbocycles.